The maximum absolute atomic E-state index is 12.5. The Morgan fingerprint density at radius 1 is 1.28 bits per heavy atom. The smallest absolute Gasteiger partial charge is 0.361 e. The largest absolute Gasteiger partial charge is 0.390 e. The molecule has 1 fully saturated rings. The van der Waals surface area contributed by atoms with Crippen LogP contribution in [0, 0.1) is 11.3 Å². The zero-order chi connectivity index (χ0) is 17.9. The lowest BCUT2D eigenvalue weighted by atomic mass is 9.95. The summed E-state index contributed by atoms with van der Waals surface area (Å²) in [7, 11) is 0. The molecule has 0 radical (unpaired) electrons. The molecule has 1 unspecified atom stereocenters. The summed E-state index contributed by atoms with van der Waals surface area (Å²) in [4.78, 5) is 5.22. The fourth-order valence-corrected chi connectivity index (χ4v) is 3.73. The van der Waals surface area contributed by atoms with Crippen molar-refractivity contribution in [3.05, 3.63) is 35.5 Å². The number of hydrogen-bond acceptors (Lipinski definition) is 2. The van der Waals surface area contributed by atoms with Gasteiger partial charge in [-0.05, 0) is 56.0 Å². The first kappa shape index (κ1) is 17.8. The monoisotopic (exact) mass is 349 g/mol. The highest BCUT2D eigenvalue weighted by Gasteiger charge is 2.30. The van der Waals surface area contributed by atoms with E-state index in [1.165, 1.54) is 0 Å². The van der Waals surface area contributed by atoms with Crippen LogP contribution < -0.4 is 0 Å². The number of aromatic nitrogens is 1. The van der Waals surface area contributed by atoms with Gasteiger partial charge < -0.3 is 9.88 Å². The predicted octanol–water partition coefficient (Wildman–Crippen LogP) is 4.78. The van der Waals surface area contributed by atoms with Crippen LogP contribution in [0.15, 0.2) is 24.4 Å². The first-order chi connectivity index (χ1) is 12.0. The fraction of sp³-hybridized carbons (Fsp3) is 0.526. The van der Waals surface area contributed by atoms with Gasteiger partial charge in [0.25, 0.3) is 0 Å². The van der Waals surface area contributed by atoms with E-state index in [4.69, 9.17) is 5.26 Å². The van der Waals surface area contributed by atoms with E-state index in [1.54, 1.807) is 6.07 Å². The van der Waals surface area contributed by atoms with Crippen LogP contribution in [0.5, 0.6) is 0 Å². The van der Waals surface area contributed by atoms with Gasteiger partial charge in [-0.2, -0.15) is 18.4 Å². The fourth-order valence-electron chi connectivity index (χ4n) is 3.73. The van der Waals surface area contributed by atoms with Crippen LogP contribution >= 0.6 is 0 Å². The van der Waals surface area contributed by atoms with Crippen molar-refractivity contribution in [2.45, 2.75) is 50.7 Å². The number of piperidine rings is 1. The van der Waals surface area contributed by atoms with Gasteiger partial charge in [-0.25, -0.2) is 0 Å². The Labute approximate surface area is 145 Å². The summed E-state index contributed by atoms with van der Waals surface area (Å²) in [6.45, 7) is 0.855. The number of fused-ring (bicyclic) bond motifs is 1. The number of rotatable bonds is 5. The number of aryl methyl sites for hydroxylation is 1. The van der Waals surface area contributed by atoms with Crippen molar-refractivity contribution in [3.63, 3.8) is 0 Å². The SMILES string of the molecule is N#Cc1ccc2[nH]cc(CCC3CCCCN3CCC(F)(F)F)c2c1. The summed E-state index contributed by atoms with van der Waals surface area (Å²) < 4.78 is 37.6. The van der Waals surface area contributed by atoms with E-state index in [0.29, 0.717) is 5.56 Å². The van der Waals surface area contributed by atoms with E-state index in [0.717, 1.165) is 55.1 Å². The summed E-state index contributed by atoms with van der Waals surface area (Å²) in [5, 5.41) is 10.1. The Morgan fingerprint density at radius 2 is 2.12 bits per heavy atom. The van der Waals surface area contributed by atoms with E-state index in [2.05, 4.69) is 11.1 Å². The minimum atomic E-state index is -4.09. The maximum atomic E-state index is 12.5. The predicted molar refractivity (Wildman–Crippen MR) is 91.2 cm³/mol. The van der Waals surface area contributed by atoms with E-state index in [-0.39, 0.29) is 12.6 Å². The Morgan fingerprint density at radius 3 is 2.88 bits per heavy atom. The van der Waals surface area contributed by atoms with Crippen molar-refractivity contribution >= 4 is 10.9 Å². The van der Waals surface area contributed by atoms with Crippen molar-refractivity contribution in [1.29, 1.82) is 5.26 Å². The molecule has 1 aromatic heterocycles. The van der Waals surface area contributed by atoms with Crippen molar-refractivity contribution < 1.29 is 13.2 Å². The van der Waals surface area contributed by atoms with Gasteiger partial charge in [0.2, 0.25) is 0 Å². The van der Waals surface area contributed by atoms with Crippen LogP contribution in [0.3, 0.4) is 0 Å². The normalized spacial score (nSPS) is 19.2. The Hall–Kier alpha value is -2.00. The molecule has 1 saturated heterocycles. The zero-order valence-corrected chi connectivity index (χ0v) is 14.1. The van der Waals surface area contributed by atoms with Gasteiger partial charge in [0, 0.05) is 29.7 Å². The minimum Gasteiger partial charge on any atom is -0.361 e. The zero-order valence-electron chi connectivity index (χ0n) is 14.1. The summed E-state index contributed by atoms with van der Waals surface area (Å²) in [6.07, 6.45) is 1.81. The maximum Gasteiger partial charge on any atom is 0.390 e. The molecule has 2 aromatic rings. The molecule has 1 N–H and O–H groups in total. The molecule has 6 heteroatoms. The Balaban J connectivity index is 1.66. The first-order valence-electron chi connectivity index (χ1n) is 8.77. The third-order valence-corrected chi connectivity index (χ3v) is 5.07. The molecule has 1 aromatic carbocycles. The molecule has 0 amide bonds. The number of hydrogen-bond donors (Lipinski definition) is 1. The van der Waals surface area contributed by atoms with Gasteiger partial charge in [-0.15, -0.1) is 0 Å². The van der Waals surface area contributed by atoms with Crippen LogP contribution in [-0.2, 0) is 6.42 Å². The van der Waals surface area contributed by atoms with Gasteiger partial charge in [0.15, 0.2) is 0 Å². The number of likely N-dealkylation sites (tertiary alicyclic amines) is 1. The number of H-pyrrole nitrogens is 1. The average Bonchev–Trinajstić information content (AvgIpc) is 3.00. The molecule has 134 valence electrons. The second-order valence-electron chi connectivity index (χ2n) is 6.78. The molecule has 25 heavy (non-hydrogen) atoms. The number of nitrogens with zero attached hydrogens (tertiary/aromatic N) is 2. The number of nitrogens with one attached hydrogen (secondary N) is 1. The minimum absolute atomic E-state index is 0.0978. The van der Waals surface area contributed by atoms with E-state index in [1.807, 2.05) is 23.2 Å². The van der Waals surface area contributed by atoms with Crippen LogP contribution in [0.25, 0.3) is 10.9 Å². The number of halogens is 3. The average molecular weight is 349 g/mol. The lowest BCUT2D eigenvalue weighted by molar-refractivity contribution is -0.139. The lowest BCUT2D eigenvalue weighted by Gasteiger charge is -2.36. The quantitative estimate of drug-likeness (QED) is 0.844. The van der Waals surface area contributed by atoms with Gasteiger partial charge in [-0.1, -0.05) is 6.42 Å². The van der Waals surface area contributed by atoms with Crippen LogP contribution in [0.2, 0.25) is 0 Å². The highest BCUT2D eigenvalue weighted by Crippen LogP contribution is 2.27. The Bertz CT molecular complexity index is 757. The summed E-state index contributed by atoms with van der Waals surface area (Å²) >= 11 is 0. The highest BCUT2D eigenvalue weighted by atomic mass is 19.4. The second kappa shape index (κ2) is 7.49. The molecule has 1 atom stereocenters. The molecule has 2 heterocycles. The third kappa shape index (κ3) is 4.55. The van der Waals surface area contributed by atoms with Crippen LogP contribution in [0.4, 0.5) is 13.2 Å². The van der Waals surface area contributed by atoms with E-state index >= 15 is 0 Å². The van der Waals surface area contributed by atoms with Crippen LogP contribution in [0.1, 0.15) is 43.2 Å². The summed E-state index contributed by atoms with van der Waals surface area (Å²) in [5.74, 6) is 0. The van der Waals surface area contributed by atoms with Gasteiger partial charge >= 0.3 is 6.18 Å². The number of benzene rings is 1. The molecule has 1 aliphatic heterocycles. The summed E-state index contributed by atoms with van der Waals surface area (Å²) in [5.41, 5.74) is 2.75. The van der Waals surface area contributed by atoms with Gasteiger partial charge in [-0.3, -0.25) is 0 Å². The van der Waals surface area contributed by atoms with E-state index < -0.39 is 12.6 Å². The number of aromatic amines is 1. The standard InChI is InChI=1S/C19H22F3N3/c20-19(21,22)8-10-25-9-2-1-3-16(25)6-5-15-13-24-18-7-4-14(12-23)11-17(15)18/h4,7,11,13,16,24H,1-3,5-6,8-10H2. The molecule has 0 saturated carbocycles. The van der Waals surface area contributed by atoms with Gasteiger partial charge in [0.1, 0.15) is 0 Å². The Kier molecular flexibility index (Phi) is 5.33. The lowest BCUT2D eigenvalue weighted by Crippen LogP contribution is -2.41. The molecule has 0 bridgehead atoms. The van der Waals surface area contributed by atoms with Crippen molar-refractivity contribution in [2.24, 2.45) is 0 Å². The molecule has 3 nitrogen and oxygen atoms in total. The molecule has 3 rings (SSSR count). The number of nitriles is 1. The first-order valence-corrected chi connectivity index (χ1v) is 8.77. The molecule has 1 aliphatic rings. The number of alkyl halides is 3. The summed E-state index contributed by atoms with van der Waals surface area (Å²) in [6, 6.07) is 7.91. The van der Waals surface area contributed by atoms with Crippen LogP contribution in [-0.4, -0.2) is 35.2 Å². The van der Waals surface area contributed by atoms with Crippen molar-refractivity contribution in [3.8, 4) is 6.07 Å². The topological polar surface area (TPSA) is 42.8 Å². The third-order valence-electron chi connectivity index (χ3n) is 5.07. The highest BCUT2D eigenvalue weighted by molar-refractivity contribution is 5.84. The molecular weight excluding hydrogens is 327 g/mol. The van der Waals surface area contributed by atoms with E-state index in [9.17, 15) is 13.2 Å². The second-order valence-corrected chi connectivity index (χ2v) is 6.78. The van der Waals surface area contributed by atoms with Gasteiger partial charge in [0.05, 0.1) is 18.1 Å². The molecular formula is C19H22F3N3. The van der Waals surface area contributed by atoms with Crippen molar-refractivity contribution in [2.75, 3.05) is 13.1 Å². The molecule has 0 aliphatic carbocycles. The van der Waals surface area contributed by atoms with Crippen molar-refractivity contribution in [1.82, 2.24) is 9.88 Å². The molecule has 0 spiro atoms.